The molecule has 2 heterocycles. The topological polar surface area (TPSA) is 58.1 Å². The summed E-state index contributed by atoms with van der Waals surface area (Å²) >= 11 is 3.40. The van der Waals surface area contributed by atoms with Crippen molar-refractivity contribution in [3.8, 4) is 0 Å². The van der Waals surface area contributed by atoms with Crippen LogP contribution in [-0.4, -0.2) is 29.0 Å². The number of amides is 1. The number of aromatic nitrogens is 2. The van der Waals surface area contributed by atoms with E-state index in [1.54, 1.807) is 0 Å². The molecule has 1 N–H and O–H groups in total. The summed E-state index contributed by atoms with van der Waals surface area (Å²) in [6.45, 7) is 1.62. The predicted molar refractivity (Wildman–Crippen MR) is 107 cm³/mol. The van der Waals surface area contributed by atoms with Gasteiger partial charge in [0.15, 0.2) is 0 Å². The number of nitrogens with one attached hydrogen (secondary N) is 1. The van der Waals surface area contributed by atoms with Crippen LogP contribution in [0.1, 0.15) is 12.8 Å². The Labute approximate surface area is 160 Å². The molecule has 0 atom stereocenters. The van der Waals surface area contributed by atoms with E-state index in [0.29, 0.717) is 0 Å². The smallest absolute Gasteiger partial charge is 0.227 e. The first-order valence-electron chi connectivity index (χ1n) is 8.72. The van der Waals surface area contributed by atoms with Gasteiger partial charge in [-0.15, -0.1) is 0 Å². The first-order chi connectivity index (χ1) is 12.7. The highest BCUT2D eigenvalue weighted by Crippen LogP contribution is 2.24. The molecule has 2 aromatic carbocycles. The van der Waals surface area contributed by atoms with Gasteiger partial charge in [-0.2, -0.15) is 0 Å². The second-order valence-corrected chi connectivity index (χ2v) is 7.39. The Hall–Kier alpha value is -2.47. The Morgan fingerprint density at radius 3 is 2.46 bits per heavy atom. The van der Waals surface area contributed by atoms with Crippen molar-refractivity contribution in [2.45, 2.75) is 12.8 Å². The van der Waals surface area contributed by atoms with Gasteiger partial charge in [0, 0.05) is 29.2 Å². The summed E-state index contributed by atoms with van der Waals surface area (Å²) in [6, 6.07) is 15.5. The van der Waals surface area contributed by atoms with E-state index in [-0.39, 0.29) is 11.8 Å². The Bertz CT molecular complexity index is 921. The van der Waals surface area contributed by atoms with Crippen molar-refractivity contribution in [2.24, 2.45) is 5.92 Å². The maximum absolute atomic E-state index is 12.5. The Morgan fingerprint density at radius 1 is 1.04 bits per heavy atom. The van der Waals surface area contributed by atoms with Gasteiger partial charge in [0.2, 0.25) is 5.91 Å². The van der Waals surface area contributed by atoms with Gasteiger partial charge in [-0.3, -0.25) is 9.78 Å². The standard InChI is InChI=1S/C20H19BrN4O/c21-15-5-7-16(8-6-15)23-20(26)14-9-11-25(12-10-14)19-13-22-17-3-1-2-4-18(17)24-19/h1-8,13-14H,9-12H2,(H,23,26). The molecule has 0 aliphatic carbocycles. The normalized spacial score (nSPS) is 15.2. The lowest BCUT2D eigenvalue weighted by Gasteiger charge is -2.32. The largest absolute Gasteiger partial charge is 0.355 e. The average molecular weight is 411 g/mol. The zero-order chi connectivity index (χ0) is 17.9. The fourth-order valence-electron chi connectivity index (χ4n) is 3.25. The molecule has 1 fully saturated rings. The van der Waals surface area contributed by atoms with Gasteiger partial charge in [-0.05, 0) is 49.2 Å². The lowest BCUT2D eigenvalue weighted by Crippen LogP contribution is -2.38. The Morgan fingerprint density at radius 2 is 1.73 bits per heavy atom. The van der Waals surface area contributed by atoms with Crippen LogP contribution in [0.4, 0.5) is 11.5 Å². The molecule has 1 aromatic heterocycles. The van der Waals surface area contributed by atoms with E-state index in [0.717, 1.165) is 52.9 Å². The highest BCUT2D eigenvalue weighted by atomic mass is 79.9. The third-order valence-corrected chi connectivity index (χ3v) is 5.27. The van der Waals surface area contributed by atoms with Crippen molar-refractivity contribution in [2.75, 3.05) is 23.3 Å². The number of halogens is 1. The molecule has 0 saturated carbocycles. The second-order valence-electron chi connectivity index (χ2n) is 6.47. The van der Waals surface area contributed by atoms with Gasteiger partial charge in [-0.25, -0.2) is 4.98 Å². The van der Waals surface area contributed by atoms with Crippen molar-refractivity contribution < 1.29 is 4.79 Å². The lowest BCUT2D eigenvalue weighted by atomic mass is 9.96. The number of rotatable bonds is 3. The van der Waals surface area contributed by atoms with Crippen LogP contribution in [0.2, 0.25) is 0 Å². The van der Waals surface area contributed by atoms with E-state index >= 15 is 0 Å². The quantitative estimate of drug-likeness (QED) is 0.700. The first-order valence-corrected chi connectivity index (χ1v) is 9.51. The molecule has 4 rings (SSSR count). The molecule has 5 nitrogen and oxygen atoms in total. The number of fused-ring (bicyclic) bond motifs is 1. The molecule has 1 amide bonds. The van der Waals surface area contributed by atoms with Crippen molar-refractivity contribution in [3.63, 3.8) is 0 Å². The van der Waals surface area contributed by atoms with E-state index < -0.39 is 0 Å². The highest BCUT2D eigenvalue weighted by molar-refractivity contribution is 9.10. The van der Waals surface area contributed by atoms with E-state index in [2.05, 4.69) is 31.1 Å². The summed E-state index contributed by atoms with van der Waals surface area (Å²) in [4.78, 5) is 23.9. The minimum absolute atomic E-state index is 0.0308. The summed E-state index contributed by atoms with van der Waals surface area (Å²) in [5.41, 5.74) is 2.64. The molecule has 0 radical (unpaired) electrons. The van der Waals surface area contributed by atoms with Crippen LogP contribution in [0.3, 0.4) is 0 Å². The van der Waals surface area contributed by atoms with Crippen molar-refractivity contribution >= 4 is 44.4 Å². The Kier molecular flexibility index (Phi) is 4.84. The van der Waals surface area contributed by atoms with Crippen LogP contribution in [-0.2, 0) is 4.79 Å². The fraction of sp³-hybridized carbons (Fsp3) is 0.250. The van der Waals surface area contributed by atoms with E-state index in [1.807, 2.05) is 54.7 Å². The maximum Gasteiger partial charge on any atom is 0.227 e. The van der Waals surface area contributed by atoms with E-state index in [1.165, 1.54) is 0 Å². The predicted octanol–water partition coefficient (Wildman–Crippen LogP) is 4.25. The number of carbonyl (C=O) groups excluding carboxylic acids is 1. The molecule has 1 aliphatic heterocycles. The summed E-state index contributed by atoms with van der Waals surface area (Å²) in [5, 5.41) is 3.01. The lowest BCUT2D eigenvalue weighted by molar-refractivity contribution is -0.120. The minimum Gasteiger partial charge on any atom is -0.355 e. The molecule has 0 bridgehead atoms. The van der Waals surface area contributed by atoms with Gasteiger partial charge in [0.05, 0.1) is 17.2 Å². The third-order valence-electron chi connectivity index (χ3n) is 4.74. The number of benzene rings is 2. The summed E-state index contributed by atoms with van der Waals surface area (Å²) in [7, 11) is 0. The van der Waals surface area contributed by atoms with Gasteiger partial charge in [-0.1, -0.05) is 28.1 Å². The zero-order valence-electron chi connectivity index (χ0n) is 14.2. The fourth-order valence-corrected chi connectivity index (χ4v) is 3.51. The summed E-state index contributed by atoms with van der Waals surface area (Å²) in [5.74, 6) is 1.01. The molecule has 0 spiro atoms. The average Bonchev–Trinajstić information content (AvgIpc) is 2.69. The van der Waals surface area contributed by atoms with Gasteiger partial charge in [0.1, 0.15) is 5.82 Å². The van der Waals surface area contributed by atoms with Gasteiger partial charge in [0.25, 0.3) is 0 Å². The summed E-state index contributed by atoms with van der Waals surface area (Å²) < 4.78 is 1.00. The molecule has 1 aliphatic rings. The van der Waals surface area contributed by atoms with Crippen LogP contribution in [0.5, 0.6) is 0 Å². The molecule has 3 aromatic rings. The number of anilines is 2. The van der Waals surface area contributed by atoms with Crippen LogP contribution in [0, 0.1) is 5.92 Å². The SMILES string of the molecule is O=C(Nc1ccc(Br)cc1)C1CCN(c2cnc3ccccc3n2)CC1. The van der Waals surface area contributed by atoms with Crippen molar-refractivity contribution in [1.29, 1.82) is 0 Å². The second kappa shape index (κ2) is 7.41. The van der Waals surface area contributed by atoms with Gasteiger partial charge < -0.3 is 10.2 Å². The Balaban J connectivity index is 1.38. The molecule has 132 valence electrons. The molecular formula is C20H19BrN4O. The van der Waals surface area contributed by atoms with Crippen molar-refractivity contribution in [3.05, 3.63) is 59.2 Å². The van der Waals surface area contributed by atoms with E-state index in [9.17, 15) is 4.79 Å². The van der Waals surface area contributed by atoms with E-state index in [4.69, 9.17) is 4.98 Å². The number of para-hydroxylation sites is 2. The third kappa shape index (κ3) is 3.70. The summed E-state index contributed by atoms with van der Waals surface area (Å²) in [6.07, 6.45) is 3.46. The molecular weight excluding hydrogens is 392 g/mol. The van der Waals surface area contributed by atoms with Crippen LogP contribution >= 0.6 is 15.9 Å². The maximum atomic E-state index is 12.5. The molecule has 26 heavy (non-hydrogen) atoms. The monoisotopic (exact) mass is 410 g/mol. The zero-order valence-corrected chi connectivity index (χ0v) is 15.8. The number of hydrogen-bond donors (Lipinski definition) is 1. The highest BCUT2D eigenvalue weighted by Gasteiger charge is 2.26. The van der Waals surface area contributed by atoms with Crippen LogP contribution in [0.25, 0.3) is 11.0 Å². The van der Waals surface area contributed by atoms with Crippen LogP contribution < -0.4 is 10.2 Å². The molecule has 6 heteroatoms. The molecule has 1 saturated heterocycles. The first kappa shape index (κ1) is 17.0. The number of piperidine rings is 1. The van der Waals surface area contributed by atoms with Gasteiger partial charge >= 0.3 is 0 Å². The number of carbonyl (C=O) groups is 1. The minimum atomic E-state index is 0.0308. The molecule has 0 unspecified atom stereocenters. The van der Waals surface area contributed by atoms with Crippen molar-refractivity contribution in [1.82, 2.24) is 9.97 Å². The number of hydrogen-bond acceptors (Lipinski definition) is 4. The number of nitrogens with zero attached hydrogens (tertiary/aromatic N) is 3. The van der Waals surface area contributed by atoms with Crippen LogP contribution in [0.15, 0.2) is 59.2 Å².